The monoisotopic (exact) mass is 436 g/mol. The van der Waals surface area contributed by atoms with Crippen molar-refractivity contribution in [3.63, 3.8) is 0 Å². The van der Waals surface area contributed by atoms with E-state index in [9.17, 15) is 18.4 Å². The van der Waals surface area contributed by atoms with E-state index in [2.05, 4.69) is 10.6 Å². The van der Waals surface area contributed by atoms with E-state index >= 15 is 0 Å². The molecule has 2 aromatic rings. The number of amides is 2. The van der Waals surface area contributed by atoms with Gasteiger partial charge in [-0.1, -0.05) is 19.9 Å². The van der Waals surface area contributed by atoms with Crippen molar-refractivity contribution >= 4 is 11.8 Å². The molecule has 1 atom stereocenters. The van der Waals surface area contributed by atoms with Gasteiger partial charge in [-0.2, -0.15) is 0 Å². The Hall–Kier alpha value is -3.36. The lowest BCUT2D eigenvalue weighted by Crippen LogP contribution is -2.49. The number of halogens is 2. The first-order valence-electron chi connectivity index (χ1n) is 9.54. The minimum atomic E-state index is -1.02. The van der Waals surface area contributed by atoms with Gasteiger partial charge in [0.05, 0.1) is 21.3 Å². The molecule has 0 saturated carbocycles. The van der Waals surface area contributed by atoms with E-state index in [1.54, 1.807) is 26.0 Å². The Bertz CT molecular complexity index is 929. The van der Waals surface area contributed by atoms with Gasteiger partial charge in [-0.3, -0.25) is 9.59 Å². The first-order chi connectivity index (χ1) is 14.7. The number of hydrogen-bond donors (Lipinski definition) is 2. The molecule has 0 radical (unpaired) electrons. The molecule has 9 heteroatoms. The molecule has 2 N–H and O–H groups in total. The topological polar surface area (TPSA) is 85.9 Å². The van der Waals surface area contributed by atoms with Gasteiger partial charge >= 0.3 is 0 Å². The largest absolute Gasteiger partial charge is 0.496 e. The lowest BCUT2D eigenvalue weighted by Gasteiger charge is -2.22. The molecule has 0 spiro atoms. The van der Waals surface area contributed by atoms with Crippen molar-refractivity contribution in [2.45, 2.75) is 26.4 Å². The van der Waals surface area contributed by atoms with Crippen molar-refractivity contribution in [1.82, 2.24) is 10.6 Å². The van der Waals surface area contributed by atoms with Crippen LogP contribution in [0.1, 0.15) is 29.8 Å². The third-order valence-electron chi connectivity index (χ3n) is 4.67. The summed E-state index contributed by atoms with van der Waals surface area (Å²) in [6.45, 7) is 3.48. The van der Waals surface area contributed by atoms with Gasteiger partial charge in [-0.15, -0.1) is 0 Å². The summed E-state index contributed by atoms with van der Waals surface area (Å²) in [7, 11) is 4.46. The summed E-state index contributed by atoms with van der Waals surface area (Å²) in [6, 6.07) is 5.39. The van der Waals surface area contributed by atoms with E-state index in [0.29, 0.717) is 22.8 Å². The summed E-state index contributed by atoms with van der Waals surface area (Å²) in [6.07, 6.45) is 0. The predicted octanol–water partition coefficient (Wildman–Crippen LogP) is 3.06. The van der Waals surface area contributed by atoms with Crippen LogP contribution in [0.2, 0.25) is 0 Å². The molecule has 0 heterocycles. The Morgan fingerprint density at radius 2 is 1.48 bits per heavy atom. The van der Waals surface area contributed by atoms with E-state index in [0.717, 1.165) is 18.2 Å². The van der Waals surface area contributed by atoms with Gasteiger partial charge < -0.3 is 24.8 Å². The van der Waals surface area contributed by atoms with Gasteiger partial charge in [-0.25, -0.2) is 8.78 Å². The molecule has 2 amide bonds. The summed E-state index contributed by atoms with van der Waals surface area (Å²) in [4.78, 5) is 25.2. The number of methoxy groups -OCH3 is 3. The minimum Gasteiger partial charge on any atom is -0.496 e. The Labute approximate surface area is 179 Å². The first kappa shape index (κ1) is 23.9. The fourth-order valence-electron chi connectivity index (χ4n) is 2.99. The number of nitrogens with one attached hydrogen (secondary N) is 2. The summed E-state index contributed by atoms with van der Waals surface area (Å²) < 4.78 is 43.6. The van der Waals surface area contributed by atoms with Crippen LogP contribution in [0.4, 0.5) is 8.78 Å². The zero-order valence-corrected chi connectivity index (χ0v) is 18.0. The number of carbonyl (C=O) groups excluding carboxylic acids is 2. The zero-order chi connectivity index (χ0) is 23.1. The molecule has 0 fully saturated rings. The fourth-order valence-corrected chi connectivity index (χ4v) is 2.99. The lowest BCUT2D eigenvalue weighted by molar-refractivity contribution is -0.124. The number of ether oxygens (including phenoxy) is 3. The van der Waals surface area contributed by atoms with E-state index in [1.165, 1.54) is 21.3 Å². The fraction of sp³-hybridized carbons (Fsp3) is 0.364. The van der Waals surface area contributed by atoms with E-state index in [4.69, 9.17) is 14.2 Å². The molecule has 2 rings (SSSR count). The van der Waals surface area contributed by atoms with Gasteiger partial charge in [0.2, 0.25) is 5.91 Å². The van der Waals surface area contributed by atoms with Crippen LogP contribution < -0.4 is 24.8 Å². The molecule has 0 aromatic heterocycles. The molecule has 0 aliphatic carbocycles. The summed E-state index contributed by atoms with van der Waals surface area (Å²) >= 11 is 0. The average molecular weight is 436 g/mol. The number of hydrogen-bond acceptors (Lipinski definition) is 5. The summed E-state index contributed by atoms with van der Waals surface area (Å²) in [5, 5.41) is 5.13. The number of rotatable bonds is 9. The second-order valence-corrected chi connectivity index (χ2v) is 7.03. The van der Waals surface area contributed by atoms with Crippen LogP contribution in [0.15, 0.2) is 30.3 Å². The van der Waals surface area contributed by atoms with E-state index < -0.39 is 35.1 Å². The van der Waals surface area contributed by atoms with Crippen LogP contribution in [0.5, 0.6) is 17.2 Å². The smallest absolute Gasteiger partial charge is 0.257 e. The molecule has 168 valence electrons. The van der Waals surface area contributed by atoms with Crippen LogP contribution in [0.25, 0.3) is 0 Å². The standard InChI is InChI=1S/C22H26F2N2O5/c1-12(2)20(26-21(27)19-14(23)7-6-8-15(19)24)22(28)25-11-13-9-17(30-4)18(31-5)10-16(13)29-3/h6-10,12,20H,11H2,1-5H3,(H,25,28)(H,26,27)/t20-/m0/s1. The van der Waals surface area contributed by atoms with Gasteiger partial charge in [0, 0.05) is 18.2 Å². The predicted molar refractivity (Wildman–Crippen MR) is 110 cm³/mol. The van der Waals surface area contributed by atoms with Crippen molar-refractivity contribution in [2.24, 2.45) is 5.92 Å². The van der Waals surface area contributed by atoms with Crippen LogP contribution in [-0.4, -0.2) is 39.2 Å². The molecule has 0 aliphatic rings. The van der Waals surface area contributed by atoms with Crippen LogP contribution >= 0.6 is 0 Å². The highest BCUT2D eigenvalue weighted by atomic mass is 19.1. The zero-order valence-electron chi connectivity index (χ0n) is 18.0. The Balaban J connectivity index is 2.17. The molecule has 0 bridgehead atoms. The maximum Gasteiger partial charge on any atom is 0.257 e. The third kappa shape index (κ3) is 5.62. The second-order valence-electron chi connectivity index (χ2n) is 7.03. The van der Waals surface area contributed by atoms with Gasteiger partial charge in [0.1, 0.15) is 29.0 Å². The molecule has 0 aliphatic heterocycles. The Morgan fingerprint density at radius 1 is 0.935 bits per heavy atom. The highest BCUT2D eigenvalue weighted by Crippen LogP contribution is 2.34. The van der Waals surface area contributed by atoms with Crippen LogP contribution in [0.3, 0.4) is 0 Å². The van der Waals surface area contributed by atoms with Crippen molar-refractivity contribution < 1.29 is 32.6 Å². The Kier molecular flexibility index (Phi) is 8.18. The average Bonchev–Trinajstić information content (AvgIpc) is 2.74. The van der Waals surface area contributed by atoms with Crippen LogP contribution in [-0.2, 0) is 11.3 Å². The second kappa shape index (κ2) is 10.6. The number of benzene rings is 2. The van der Waals surface area contributed by atoms with Crippen molar-refractivity contribution in [3.8, 4) is 17.2 Å². The maximum absolute atomic E-state index is 13.9. The van der Waals surface area contributed by atoms with Gasteiger partial charge in [0.25, 0.3) is 5.91 Å². The highest BCUT2D eigenvalue weighted by molar-refractivity contribution is 5.98. The SMILES string of the molecule is COc1cc(OC)c(OC)cc1CNC(=O)[C@@H](NC(=O)c1c(F)cccc1F)C(C)C. The third-order valence-corrected chi connectivity index (χ3v) is 4.67. The quantitative estimate of drug-likeness (QED) is 0.631. The molecule has 31 heavy (non-hydrogen) atoms. The molecule has 0 saturated heterocycles. The molecule has 7 nitrogen and oxygen atoms in total. The normalized spacial score (nSPS) is 11.6. The summed E-state index contributed by atoms with van der Waals surface area (Å²) in [5.74, 6) is -2.48. The van der Waals surface area contributed by atoms with Crippen molar-refractivity contribution in [1.29, 1.82) is 0 Å². The van der Waals surface area contributed by atoms with Crippen molar-refractivity contribution in [3.05, 3.63) is 53.1 Å². The minimum absolute atomic E-state index is 0.0650. The lowest BCUT2D eigenvalue weighted by atomic mass is 10.0. The van der Waals surface area contributed by atoms with E-state index in [1.807, 2.05) is 0 Å². The van der Waals surface area contributed by atoms with E-state index in [-0.39, 0.29) is 12.5 Å². The number of carbonyl (C=O) groups is 2. The maximum atomic E-state index is 13.9. The van der Waals surface area contributed by atoms with Gasteiger partial charge in [-0.05, 0) is 24.1 Å². The van der Waals surface area contributed by atoms with Crippen LogP contribution in [0, 0.1) is 17.6 Å². The highest BCUT2D eigenvalue weighted by Gasteiger charge is 2.27. The van der Waals surface area contributed by atoms with Gasteiger partial charge in [0.15, 0.2) is 11.5 Å². The molecule has 2 aromatic carbocycles. The summed E-state index contributed by atoms with van der Waals surface area (Å²) in [5.41, 5.74) is -0.120. The van der Waals surface area contributed by atoms with Crippen molar-refractivity contribution in [2.75, 3.05) is 21.3 Å². The Morgan fingerprint density at radius 3 is 2.00 bits per heavy atom. The molecule has 0 unspecified atom stereocenters. The molecular weight excluding hydrogens is 410 g/mol. The first-order valence-corrected chi connectivity index (χ1v) is 9.54. The molecular formula is C22H26F2N2O5.